The van der Waals surface area contributed by atoms with Gasteiger partial charge >= 0.3 is 0 Å². The van der Waals surface area contributed by atoms with E-state index in [1.165, 1.54) is 0 Å². The minimum Gasteiger partial charge on any atom is -0.399 e. The number of hydrogen-bond acceptors (Lipinski definition) is 5. The van der Waals surface area contributed by atoms with Crippen molar-refractivity contribution in [2.45, 2.75) is 6.54 Å². The van der Waals surface area contributed by atoms with Gasteiger partial charge in [-0.15, -0.1) is 0 Å². The first-order chi connectivity index (χ1) is 10.2. The van der Waals surface area contributed by atoms with Gasteiger partial charge in [0.2, 0.25) is 5.95 Å². The van der Waals surface area contributed by atoms with Crippen molar-refractivity contribution in [3.05, 3.63) is 47.2 Å². The second-order valence-electron chi connectivity index (χ2n) is 5.16. The van der Waals surface area contributed by atoms with E-state index in [0.29, 0.717) is 0 Å². The second-order valence-corrected chi connectivity index (χ2v) is 5.57. The fraction of sp³-hybridized carbons (Fsp3) is 0.333. The predicted octanol–water partition coefficient (Wildman–Crippen LogP) is 2.03. The molecule has 5 nitrogen and oxygen atoms in total. The molecule has 2 aromatic rings. The lowest BCUT2D eigenvalue weighted by Gasteiger charge is -2.34. The second kappa shape index (κ2) is 6.28. The lowest BCUT2D eigenvalue weighted by atomic mass is 10.1. The molecule has 1 aromatic heterocycles. The van der Waals surface area contributed by atoms with Crippen LogP contribution in [0.5, 0.6) is 0 Å². The van der Waals surface area contributed by atoms with Crippen LogP contribution in [0.15, 0.2) is 36.7 Å². The summed E-state index contributed by atoms with van der Waals surface area (Å²) in [7, 11) is 0. The molecule has 2 N–H and O–H groups in total. The molecule has 110 valence electrons. The lowest BCUT2D eigenvalue weighted by Crippen LogP contribution is -2.46. The van der Waals surface area contributed by atoms with Crippen LogP contribution in [0.25, 0.3) is 0 Å². The maximum absolute atomic E-state index is 6.23. The van der Waals surface area contributed by atoms with Crippen molar-refractivity contribution in [2.75, 3.05) is 36.8 Å². The normalized spacial score (nSPS) is 16.1. The van der Waals surface area contributed by atoms with Gasteiger partial charge in [0.25, 0.3) is 0 Å². The highest BCUT2D eigenvalue weighted by molar-refractivity contribution is 6.31. The van der Waals surface area contributed by atoms with Gasteiger partial charge in [-0.2, -0.15) is 0 Å². The van der Waals surface area contributed by atoms with Crippen LogP contribution >= 0.6 is 11.6 Å². The summed E-state index contributed by atoms with van der Waals surface area (Å²) in [6.45, 7) is 4.59. The van der Waals surface area contributed by atoms with E-state index in [4.69, 9.17) is 17.3 Å². The molecule has 1 aliphatic heterocycles. The molecule has 3 rings (SSSR count). The zero-order valence-electron chi connectivity index (χ0n) is 11.7. The Morgan fingerprint density at radius 1 is 1.10 bits per heavy atom. The van der Waals surface area contributed by atoms with Crippen LogP contribution in [0, 0.1) is 0 Å². The Kier molecular flexibility index (Phi) is 4.22. The number of aromatic nitrogens is 2. The monoisotopic (exact) mass is 303 g/mol. The quantitative estimate of drug-likeness (QED) is 0.879. The largest absolute Gasteiger partial charge is 0.399 e. The smallest absolute Gasteiger partial charge is 0.225 e. The molecule has 2 heterocycles. The number of benzene rings is 1. The summed E-state index contributed by atoms with van der Waals surface area (Å²) in [5.41, 5.74) is 7.67. The van der Waals surface area contributed by atoms with Crippen molar-refractivity contribution in [2.24, 2.45) is 0 Å². The molecule has 0 amide bonds. The van der Waals surface area contributed by atoms with Gasteiger partial charge in [0.05, 0.1) is 0 Å². The van der Waals surface area contributed by atoms with Crippen molar-refractivity contribution < 1.29 is 0 Å². The molecule has 0 spiro atoms. The first kappa shape index (κ1) is 14.1. The summed E-state index contributed by atoms with van der Waals surface area (Å²) >= 11 is 6.23. The molecule has 0 saturated carbocycles. The number of nitrogens with two attached hydrogens (primary N) is 1. The van der Waals surface area contributed by atoms with Crippen LogP contribution < -0.4 is 10.6 Å². The van der Waals surface area contributed by atoms with E-state index in [1.54, 1.807) is 12.4 Å². The predicted molar refractivity (Wildman–Crippen MR) is 85.4 cm³/mol. The van der Waals surface area contributed by atoms with Crippen LogP contribution in [0.2, 0.25) is 5.02 Å². The fourth-order valence-corrected chi connectivity index (χ4v) is 2.69. The molecule has 1 saturated heterocycles. The van der Waals surface area contributed by atoms with Crippen molar-refractivity contribution in [3.63, 3.8) is 0 Å². The molecule has 0 atom stereocenters. The number of anilines is 2. The Morgan fingerprint density at radius 3 is 2.52 bits per heavy atom. The third-order valence-electron chi connectivity index (χ3n) is 3.67. The molecule has 0 aliphatic carbocycles. The van der Waals surface area contributed by atoms with E-state index in [1.807, 2.05) is 24.3 Å². The summed E-state index contributed by atoms with van der Waals surface area (Å²) in [6.07, 6.45) is 3.56. The summed E-state index contributed by atoms with van der Waals surface area (Å²) in [4.78, 5) is 13.2. The van der Waals surface area contributed by atoms with Gasteiger partial charge in [-0.1, -0.05) is 11.6 Å². The molecule has 6 heteroatoms. The highest BCUT2D eigenvalue weighted by atomic mass is 35.5. The highest BCUT2D eigenvalue weighted by Crippen LogP contribution is 2.21. The Hall–Kier alpha value is -1.85. The Balaban J connectivity index is 1.60. The minimum atomic E-state index is 0.755. The van der Waals surface area contributed by atoms with Crippen molar-refractivity contribution in [1.29, 1.82) is 0 Å². The van der Waals surface area contributed by atoms with Gasteiger partial charge in [0.1, 0.15) is 0 Å². The zero-order chi connectivity index (χ0) is 14.7. The molecule has 1 fully saturated rings. The van der Waals surface area contributed by atoms with Crippen molar-refractivity contribution >= 4 is 23.2 Å². The first-order valence-corrected chi connectivity index (χ1v) is 7.38. The third kappa shape index (κ3) is 3.43. The standard InChI is InChI=1S/C15H18ClN5/c16-14-3-2-13(17)10-12(14)11-20-6-8-21(9-7-20)15-18-4-1-5-19-15/h1-5,10H,6-9,11,17H2. The Labute approximate surface area is 129 Å². The summed E-state index contributed by atoms with van der Waals surface area (Å²) in [5, 5.41) is 0.776. The van der Waals surface area contributed by atoms with Crippen LogP contribution in [0.4, 0.5) is 11.6 Å². The molecule has 1 aliphatic rings. The average molecular weight is 304 g/mol. The maximum Gasteiger partial charge on any atom is 0.225 e. The Morgan fingerprint density at radius 2 is 1.81 bits per heavy atom. The summed E-state index contributed by atoms with van der Waals surface area (Å²) in [6, 6.07) is 7.48. The first-order valence-electron chi connectivity index (χ1n) is 7.00. The maximum atomic E-state index is 6.23. The van der Waals surface area contributed by atoms with Gasteiger partial charge in [0, 0.05) is 55.8 Å². The Bertz CT molecular complexity index is 596. The molecular weight excluding hydrogens is 286 g/mol. The van der Waals surface area contributed by atoms with Gasteiger partial charge < -0.3 is 10.6 Å². The van der Waals surface area contributed by atoms with Gasteiger partial charge in [-0.25, -0.2) is 9.97 Å². The topological polar surface area (TPSA) is 58.3 Å². The van der Waals surface area contributed by atoms with E-state index in [9.17, 15) is 0 Å². The molecule has 21 heavy (non-hydrogen) atoms. The molecular formula is C15H18ClN5. The number of halogens is 1. The summed E-state index contributed by atoms with van der Waals surface area (Å²) in [5.74, 6) is 0.805. The average Bonchev–Trinajstić information content (AvgIpc) is 2.53. The van der Waals surface area contributed by atoms with Gasteiger partial charge in [0.15, 0.2) is 0 Å². The number of nitrogen functional groups attached to an aromatic ring is 1. The number of nitrogens with zero attached hydrogens (tertiary/aromatic N) is 4. The highest BCUT2D eigenvalue weighted by Gasteiger charge is 2.19. The lowest BCUT2D eigenvalue weighted by molar-refractivity contribution is 0.249. The minimum absolute atomic E-state index is 0.755. The fourth-order valence-electron chi connectivity index (χ4n) is 2.52. The molecule has 1 aromatic carbocycles. The van der Waals surface area contributed by atoms with E-state index in [0.717, 1.165) is 54.9 Å². The van der Waals surface area contributed by atoms with E-state index >= 15 is 0 Å². The van der Waals surface area contributed by atoms with Crippen molar-refractivity contribution in [1.82, 2.24) is 14.9 Å². The van der Waals surface area contributed by atoms with Gasteiger partial charge in [-0.05, 0) is 29.8 Å². The van der Waals surface area contributed by atoms with Crippen LogP contribution in [0.1, 0.15) is 5.56 Å². The molecule has 0 unspecified atom stereocenters. The molecule has 0 radical (unpaired) electrons. The van der Waals surface area contributed by atoms with E-state index in [-0.39, 0.29) is 0 Å². The van der Waals surface area contributed by atoms with Crippen LogP contribution in [-0.2, 0) is 6.54 Å². The molecule has 0 bridgehead atoms. The van der Waals surface area contributed by atoms with Crippen LogP contribution in [0.3, 0.4) is 0 Å². The van der Waals surface area contributed by atoms with Crippen LogP contribution in [-0.4, -0.2) is 41.0 Å². The SMILES string of the molecule is Nc1ccc(Cl)c(CN2CCN(c3ncccn3)CC2)c1. The number of rotatable bonds is 3. The van der Waals surface area contributed by atoms with Crippen molar-refractivity contribution in [3.8, 4) is 0 Å². The summed E-state index contributed by atoms with van der Waals surface area (Å²) < 4.78 is 0. The van der Waals surface area contributed by atoms with E-state index in [2.05, 4.69) is 19.8 Å². The zero-order valence-corrected chi connectivity index (χ0v) is 12.5. The van der Waals surface area contributed by atoms with E-state index < -0.39 is 0 Å². The third-order valence-corrected chi connectivity index (χ3v) is 4.04. The number of piperazine rings is 1. The number of hydrogen-bond donors (Lipinski definition) is 1. The van der Waals surface area contributed by atoms with Gasteiger partial charge in [-0.3, -0.25) is 4.90 Å².